The van der Waals surface area contributed by atoms with E-state index in [1.54, 1.807) is 36.4 Å². The number of hydrogen-bond donors (Lipinski definition) is 4. The first-order valence-corrected chi connectivity index (χ1v) is 7.63. The Kier molecular flexibility index (Phi) is 4.79. The highest BCUT2D eigenvalue weighted by molar-refractivity contribution is 5.95. The van der Waals surface area contributed by atoms with E-state index in [0.29, 0.717) is 16.0 Å². The summed E-state index contributed by atoms with van der Waals surface area (Å²) in [5, 5.41) is 26.7. The van der Waals surface area contributed by atoms with Crippen molar-refractivity contribution in [2.24, 2.45) is 11.5 Å². The molecule has 0 saturated carbocycles. The van der Waals surface area contributed by atoms with Crippen molar-refractivity contribution in [3.05, 3.63) is 71.3 Å². The van der Waals surface area contributed by atoms with Crippen molar-refractivity contribution in [1.82, 2.24) is 9.97 Å². The molecule has 0 fully saturated rings. The number of rotatable bonds is 6. The van der Waals surface area contributed by atoms with Crippen LogP contribution in [-0.4, -0.2) is 21.6 Å². The fraction of sp³-hybridized carbons (Fsp3) is 0. The lowest BCUT2D eigenvalue weighted by Gasteiger charge is -2.08. The van der Waals surface area contributed by atoms with Crippen LogP contribution in [0.15, 0.2) is 54.9 Å². The van der Waals surface area contributed by atoms with Crippen LogP contribution in [0.4, 0.5) is 0 Å². The summed E-state index contributed by atoms with van der Waals surface area (Å²) >= 11 is 0. The molecule has 1 aromatic carbocycles. The summed E-state index contributed by atoms with van der Waals surface area (Å²) in [4.78, 5) is 8.14. The number of nitrogen functional groups attached to an aromatic ring is 2. The minimum Gasteiger partial charge on any atom is -0.618 e. The van der Waals surface area contributed by atoms with Gasteiger partial charge in [0.1, 0.15) is 23.1 Å². The highest BCUT2D eigenvalue weighted by Gasteiger charge is 2.12. The van der Waals surface area contributed by atoms with Crippen LogP contribution in [0.2, 0.25) is 0 Å². The number of hydrogen-bond acceptors (Lipinski definition) is 7. The SMILES string of the molecule is N=C(N)c1cccc(Oc2c[n+]([O-])cc(Oc3cccc(C(=N)N)n3)n2)c1. The van der Waals surface area contributed by atoms with Gasteiger partial charge in [-0.3, -0.25) is 10.8 Å². The maximum Gasteiger partial charge on any atom is 0.291 e. The first kappa shape index (κ1) is 17.6. The van der Waals surface area contributed by atoms with Crippen molar-refractivity contribution < 1.29 is 14.2 Å². The van der Waals surface area contributed by atoms with Crippen molar-refractivity contribution >= 4 is 11.7 Å². The van der Waals surface area contributed by atoms with Crippen LogP contribution in [0, 0.1) is 16.0 Å². The van der Waals surface area contributed by atoms with Crippen LogP contribution >= 0.6 is 0 Å². The molecule has 6 N–H and O–H groups in total. The summed E-state index contributed by atoms with van der Waals surface area (Å²) in [6.07, 6.45) is 2.22. The average molecular weight is 365 g/mol. The monoisotopic (exact) mass is 365 g/mol. The largest absolute Gasteiger partial charge is 0.618 e. The molecular formula is C17H15N7O3. The predicted octanol–water partition coefficient (Wildman–Crippen LogP) is 1.26. The molecule has 0 spiro atoms. The molecule has 0 amide bonds. The van der Waals surface area contributed by atoms with E-state index in [-0.39, 0.29) is 35.0 Å². The van der Waals surface area contributed by atoms with Gasteiger partial charge in [0, 0.05) is 11.6 Å². The molecule has 27 heavy (non-hydrogen) atoms. The van der Waals surface area contributed by atoms with Gasteiger partial charge in [-0.05, 0) is 18.2 Å². The first-order chi connectivity index (χ1) is 12.9. The molecule has 0 radical (unpaired) electrons. The van der Waals surface area contributed by atoms with Crippen molar-refractivity contribution in [3.63, 3.8) is 0 Å². The fourth-order valence-electron chi connectivity index (χ4n) is 2.10. The van der Waals surface area contributed by atoms with E-state index in [1.165, 1.54) is 6.07 Å². The van der Waals surface area contributed by atoms with Gasteiger partial charge in [0.2, 0.25) is 18.3 Å². The van der Waals surface area contributed by atoms with Crippen LogP contribution in [0.1, 0.15) is 11.3 Å². The molecule has 0 saturated heterocycles. The summed E-state index contributed by atoms with van der Waals surface area (Å²) in [5.74, 6) is 0.0647. The highest BCUT2D eigenvalue weighted by Crippen LogP contribution is 2.23. The van der Waals surface area contributed by atoms with Crippen LogP contribution < -0.4 is 25.7 Å². The van der Waals surface area contributed by atoms with Crippen molar-refractivity contribution in [2.75, 3.05) is 0 Å². The number of aromatic nitrogens is 3. The Bertz CT molecular complexity index is 945. The Hall–Kier alpha value is -4.21. The molecule has 0 aliphatic carbocycles. The van der Waals surface area contributed by atoms with Crippen molar-refractivity contribution in [2.45, 2.75) is 0 Å². The Labute approximate surface area is 153 Å². The lowest BCUT2D eigenvalue weighted by Crippen LogP contribution is -2.25. The minimum atomic E-state index is -0.213. The van der Waals surface area contributed by atoms with Crippen LogP contribution in [0.25, 0.3) is 0 Å². The molecule has 136 valence electrons. The number of nitrogens with two attached hydrogens (primary N) is 2. The molecule has 0 unspecified atom stereocenters. The third kappa shape index (κ3) is 4.45. The van der Waals surface area contributed by atoms with E-state index in [4.69, 9.17) is 31.8 Å². The van der Waals surface area contributed by atoms with E-state index in [9.17, 15) is 5.21 Å². The van der Waals surface area contributed by atoms with E-state index < -0.39 is 0 Å². The Morgan fingerprint density at radius 2 is 1.59 bits per heavy atom. The molecule has 10 nitrogen and oxygen atoms in total. The van der Waals surface area contributed by atoms with Gasteiger partial charge in [0.25, 0.3) is 11.8 Å². The lowest BCUT2D eigenvalue weighted by atomic mass is 10.2. The quantitative estimate of drug-likeness (QED) is 0.220. The van der Waals surface area contributed by atoms with Crippen molar-refractivity contribution in [1.29, 1.82) is 10.8 Å². The Morgan fingerprint density at radius 3 is 2.30 bits per heavy atom. The minimum absolute atomic E-state index is 0.0223. The zero-order chi connectivity index (χ0) is 19.4. The maximum absolute atomic E-state index is 11.8. The average Bonchev–Trinajstić information content (AvgIpc) is 2.61. The molecule has 0 bridgehead atoms. The second-order valence-corrected chi connectivity index (χ2v) is 5.33. The van der Waals surface area contributed by atoms with Gasteiger partial charge in [-0.15, -0.1) is 0 Å². The molecule has 3 rings (SSSR count). The van der Waals surface area contributed by atoms with Crippen LogP contribution in [0.3, 0.4) is 0 Å². The first-order valence-electron chi connectivity index (χ1n) is 7.63. The van der Waals surface area contributed by atoms with E-state index in [1.807, 2.05) is 0 Å². The van der Waals surface area contributed by atoms with Gasteiger partial charge in [0.15, 0.2) is 0 Å². The van der Waals surface area contributed by atoms with Gasteiger partial charge in [0.05, 0.1) is 0 Å². The lowest BCUT2D eigenvalue weighted by molar-refractivity contribution is -0.606. The summed E-state index contributed by atoms with van der Waals surface area (Å²) in [6.45, 7) is 0. The van der Waals surface area contributed by atoms with Gasteiger partial charge in [-0.1, -0.05) is 18.2 Å². The van der Waals surface area contributed by atoms with Gasteiger partial charge in [-0.25, -0.2) is 4.98 Å². The second-order valence-electron chi connectivity index (χ2n) is 5.33. The van der Waals surface area contributed by atoms with E-state index in [0.717, 1.165) is 12.4 Å². The maximum atomic E-state index is 11.8. The molecule has 3 aromatic rings. The summed E-state index contributed by atoms with van der Waals surface area (Å²) in [6, 6.07) is 11.2. The number of pyridine rings is 1. The summed E-state index contributed by atoms with van der Waals surface area (Å²) in [7, 11) is 0. The highest BCUT2D eigenvalue weighted by atomic mass is 16.5. The molecule has 10 heteroatoms. The van der Waals surface area contributed by atoms with Crippen LogP contribution in [0.5, 0.6) is 23.4 Å². The summed E-state index contributed by atoms with van der Waals surface area (Å²) < 4.78 is 11.5. The molecule has 2 aromatic heterocycles. The second kappa shape index (κ2) is 7.35. The number of benzene rings is 1. The third-order valence-electron chi connectivity index (χ3n) is 3.27. The zero-order valence-electron chi connectivity index (χ0n) is 13.9. The normalized spacial score (nSPS) is 10.2. The standard InChI is InChI=1S/C17H15N7O3/c18-16(19)10-3-1-4-11(7-10)26-14-8-24(25)9-15(23-14)27-13-6-2-5-12(22-13)17(20)21/h1-9H,(H3,18,19)(H3,20,21). The Morgan fingerprint density at radius 1 is 0.889 bits per heavy atom. The molecule has 2 heterocycles. The smallest absolute Gasteiger partial charge is 0.291 e. The summed E-state index contributed by atoms with van der Waals surface area (Å²) in [5.41, 5.74) is 11.6. The number of ether oxygens (including phenoxy) is 2. The van der Waals surface area contributed by atoms with Crippen LogP contribution in [-0.2, 0) is 0 Å². The predicted molar refractivity (Wildman–Crippen MR) is 96.1 cm³/mol. The molecule has 0 atom stereocenters. The van der Waals surface area contributed by atoms with Gasteiger partial charge in [-0.2, -0.15) is 9.71 Å². The van der Waals surface area contributed by atoms with Crippen molar-refractivity contribution in [3.8, 4) is 23.4 Å². The zero-order valence-corrected chi connectivity index (χ0v) is 13.9. The topological polar surface area (TPSA) is 171 Å². The number of amidine groups is 2. The van der Waals surface area contributed by atoms with E-state index >= 15 is 0 Å². The number of nitrogens with one attached hydrogen (secondary N) is 2. The molecular weight excluding hydrogens is 350 g/mol. The molecule has 0 aliphatic rings. The molecule has 0 aliphatic heterocycles. The fourth-order valence-corrected chi connectivity index (χ4v) is 2.10. The van der Waals surface area contributed by atoms with Gasteiger partial charge < -0.3 is 26.1 Å². The number of nitrogens with zero attached hydrogens (tertiary/aromatic N) is 3. The van der Waals surface area contributed by atoms with Gasteiger partial charge >= 0.3 is 0 Å². The van der Waals surface area contributed by atoms with E-state index in [2.05, 4.69) is 9.97 Å². The Balaban J connectivity index is 1.84. The third-order valence-corrected chi connectivity index (χ3v) is 3.27.